The van der Waals surface area contributed by atoms with Gasteiger partial charge in [-0.05, 0) is 54.3 Å². The van der Waals surface area contributed by atoms with E-state index in [1.807, 2.05) is 23.1 Å². The van der Waals surface area contributed by atoms with E-state index in [0.29, 0.717) is 37.3 Å². The molecule has 32 heavy (non-hydrogen) atoms. The van der Waals surface area contributed by atoms with Gasteiger partial charge in [0.25, 0.3) is 5.91 Å². The number of carbonyl (C=O) groups is 3. The van der Waals surface area contributed by atoms with Crippen LogP contribution in [0.2, 0.25) is 0 Å². The van der Waals surface area contributed by atoms with Gasteiger partial charge in [-0.2, -0.15) is 0 Å². The minimum absolute atomic E-state index is 0.0107. The van der Waals surface area contributed by atoms with Crippen molar-refractivity contribution in [3.05, 3.63) is 59.2 Å². The molecule has 5 rings (SSSR count). The molecular weight excluding hydrogens is 412 g/mol. The van der Waals surface area contributed by atoms with Gasteiger partial charge in [0.2, 0.25) is 12.7 Å². The van der Waals surface area contributed by atoms with Crippen molar-refractivity contribution in [3.63, 3.8) is 0 Å². The molecule has 2 amide bonds. The van der Waals surface area contributed by atoms with Gasteiger partial charge in [-0.3, -0.25) is 9.59 Å². The SMILES string of the molecule is COC(=O)c1ccc(C(=O)N2CCN(C(=O)C3CC3c3ccc4c(c3)OCO4)CC2)cc1. The lowest BCUT2D eigenvalue weighted by molar-refractivity contribution is -0.134. The molecule has 1 saturated carbocycles. The van der Waals surface area contributed by atoms with Gasteiger partial charge >= 0.3 is 5.97 Å². The molecule has 166 valence electrons. The Bertz CT molecular complexity index is 1060. The first-order valence-electron chi connectivity index (χ1n) is 10.7. The van der Waals surface area contributed by atoms with E-state index in [-0.39, 0.29) is 30.4 Å². The highest BCUT2D eigenvalue weighted by Gasteiger charge is 2.46. The number of fused-ring (bicyclic) bond motifs is 1. The minimum Gasteiger partial charge on any atom is -0.465 e. The summed E-state index contributed by atoms with van der Waals surface area (Å²) in [6.07, 6.45) is 0.837. The molecule has 2 atom stereocenters. The number of methoxy groups -OCH3 is 1. The third-order valence-corrected chi connectivity index (χ3v) is 6.36. The molecule has 2 aliphatic heterocycles. The van der Waals surface area contributed by atoms with Gasteiger partial charge in [-0.25, -0.2) is 4.79 Å². The van der Waals surface area contributed by atoms with E-state index in [2.05, 4.69) is 4.74 Å². The highest BCUT2D eigenvalue weighted by molar-refractivity contribution is 5.96. The maximum Gasteiger partial charge on any atom is 0.337 e. The highest BCUT2D eigenvalue weighted by Crippen LogP contribution is 2.50. The second-order valence-electron chi connectivity index (χ2n) is 8.25. The fraction of sp³-hybridized carbons (Fsp3) is 0.375. The summed E-state index contributed by atoms with van der Waals surface area (Å²) in [6, 6.07) is 12.3. The van der Waals surface area contributed by atoms with Crippen LogP contribution in [0.25, 0.3) is 0 Å². The maximum atomic E-state index is 13.0. The molecule has 8 nitrogen and oxygen atoms in total. The number of carbonyl (C=O) groups excluding carboxylic acids is 3. The summed E-state index contributed by atoms with van der Waals surface area (Å²) in [5.41, 5.74) is 2.03. The number of piperazine rings is 1. The molecule has 8 heteroatoms. The van der Waals surface area contributed by atoms with Crippen molar-refractivity contribution in [1.82, 2.24) is 9.80 Å². The molecule has 0 aromatic heterocycles. The van der Waals surface area contributed by atoms with Gasteiger partial charge in [-0.15, -0.1) is 0 Å². The molecule has 0 spiro atoms. The summed E-state index contributed by atoms with van der Waals surface area (Å²) in [7, 11) is 1.32. The second-order valence-corrected chi connectivity index (χ2v) is 8.25. The molecule has 2 aromatic carbocycles. The van der Waals surface area contributed by atoms with E-state index in [9.17, 15) is 14.4 Å². The van der Waals surface area contributed by atoms with Gasteiger partial charge < -0.3 is 24.0 Å². The van der Waals surface area contributed by atoms with Crippen molar-refractivity contribution < 1.29 is 28.6 Å². The zero-order chi connectivity index (χ0) is 22.2. The van der Waals surface area contributed by atoms with Crippen LogP contribution < -0.4 is 9.47 Å². The Hall–Kier alpha value is -3.55. The molecule has 0 radical (unpaired) electrons. The van der Waals surface area contributed by atoms with Gasteiger partial charge in [0, 0.05) is 37.7 Å². The van der Waals surface area contributed by atoms with E-state index in [1.54, 1.807) is 29.2 Å². The maximum absolute atomic E-state index is 13.0. The van der Waals surface area contributed by atoms with Crippen molar-refractivity contribution in [2.24, 2.45) is 5.92 Å². The van der Waals surface area contributed by atoms with Crippen LogP contribution in [0.4, 0.5) is 0 Å². The normalized spacial score (nSPS) is 21.3. The molecule has 1 saturated heterocycles. The Morgan fingerprint density at radius 3 is 2.25 bits per heavy atom. The highest BCUT2D eigenvalue weighted by atomic mass is 16.7. The Morgan fingerprint density at radius 1 is 0.875 bits per heavy atom. The number of hydrogen-bond acceptors (Lipinski definition) is 6. The number of rotatable bonds is 4. The average Bonchev–Trinajstić information content (AvgIpc) is 3.51. The van der Waals surface area contributed by atoms with E-state index >= 15 is 0 Å². The van der Waals surface area contributed by atoms with Gasteiger partial charge in [0.05, 0.1) is 12.7 Å². The first-order chi connectivity index (χ1) is 15.5. The summed E-state index contributed by atoms with van der Waals surface area (Å²) >= 11 is 0. The zero-order valence-electron chi connectivity index (χ0n) is 17.8. The van der Waals surface area contributed by atoms with Crippen LogP contribution >= 0.6 is 0 Å². The van der Waals surface area contributed by atoms with Crippen molar-refractivity contribution in [2.75, 3.05) is 40.1 Å². The smallest absolute Gasteiger partial charge is 0.337 e. The predicted molar refractivity (Wildman–Crippen MR) is 114 cm³/mol. The summed E-state index contributed by atoms with van der Waals surface area (Å²) in [6.45, 7) is 2.27. The van der Waals surface area contributed by atoms with E-state index in [1.165, 1.54) is 7.11 Å². The topological polar surface area (TPSA) is 85.4 Å². The predicted octanol–water partition coefficient (Wildman–Crippen LogP) is 2.29. The standard InChI is InChI=1S/C24H24N2O6/c1-30-24(29)16-4-2-15(3-5-16)22(27)25-8-10-26(11-9-25)23(28)19-13-18(19)17-6-7-20-21(12-17)32-14-31-20/h2-7,12,18-19H,8-11,13-14H2,1H3. The van der Waals surface area contributed by atoms with Crippen LogP contribution in [0, 0.1) is 5.92 Å². The lowest BCUT2D eigenvalue weighted by Gasteiger charge is -2.35. The van der Waals surface area contributed by atoms with Crippen molar-refractivity contribution >= 4 is 17.8 Å². The monoisotopic (exact) mass is 436 g/mol. The van der Waals surface area contributed by atoms with Crippen LogP contribution in [0.5, 0.6) is 11.5 Å². The lowest BCUT2D eigenvalue weighted by Crippen LogP contribution is -2.51. The van der Waals surface area contributed by atoms with Gasteiger partial charge in [0.1, 0.15) is 0 Å². The van der Waals surface area contributed by atoms with Crippen molar-refractivity contribution in [2.45, 2.75) is 12.3 Å². The second kappa shape index (κ2) is 8.18. The largest absolute Gasteiger partial charge is 0.465 e. The minimum atomic E-state index is -0.435. The Morgan fingerprint density at radius 2 is 1.53 bits per heavy atom. The zero-order valence-corrected chi connectivity index (χ0v) is 17.8. The van der Waals surface area contributed by atoms with Crippen LogP contribution in [0.1, 0.15) is 38.6 Å². The summed E-state index contributed by atoms with van der Waals surface area (Å²) in [4.78, 5) is 40.9. The number of esters is 1. The number of nitrogens with zero attached hydrogens (tertiary/aromatic N) is 2. The van der Waals surface area contributed by atoms with E-state index in [4.69, 9.17) is 9.47 Å². The molecule has 2 aromatic rings. The van der Waals surface area contributed by atoms with Gasteiger partial charge in [0.15, 0.2) is 11.5 Å². The molecule has 3 aliphatic rings. The number of ether oxygens (including phenoxy) is 3. The van der Waals surface area contributed by atoms with E-state index < -0.39 is 5.97 Å². The summed E-state index contributed by atoms with van der Waals surface area (Å²) in [5, 5.41) is 0. The average molecular weight is 436 g/mol. The summed E-state index contributed by atoms with van der Waals surface area (Å²) < 4.78 is 15.5. The van der Waals surface area contributed by atoms with Crippen LogP contribution in [-0.2, 0) is 9.53 Å². The Kier molecular flexibility index (Phi) is 5.20. The number of amides is 2. The van der Waals surface area contributed by atoms with Crippen LogP contribution in [0.15, 0.2) is 42.5 Å². The molecule has 0 N–H and O–H groups in total. The van der Waals surface area contributed by atoms with Crippen molar-refractivity contribution in [1.29, 1.82) is 0 Å². The van der Waals surface area contributed by atoms with E-state index in [0.717, 1.165) is 23.5 Å². The lowest BCUT2D eigenvalue weighted by atomic mass is 10.1. The molecule has 0 bridgehead atoms. The molecular formula is C24H24N2O6. The number of hydrogen-bond donors (Lipinski definition) is 0. The summed E-state index contributed by atoms with van der Waals surface area (Å²) in [5.74, 6) is 1.31. The third kappa shape index (κ3) is 3.77. The third-order valence-electron chi connectivity index (χ3n) is 6.36. The van der Waals surface area contributed by atoms with Crippen LogP contribution in [0.3, 0.4) is 0 Å². The Balaban J connectivity index is 1.15. The molecule has 2 unspecified atom stereocenters. The molecule has 2 fully saturated rings. The van der Waals surface area contributed by atoms with Gasteiger partial charge in [-0.1, -0.05) is 6.07 Å². The first kappa shape index (κ1) is 20.4. The number of benzene rings is 2. The van der Waals surface area contributed by atoms with Crippen molar-refractivity contribution in [3.8, 4) is 11.5 Å². The van der Waals surface area contributed by atoms with Crippen LogP contribution in [-0.4, -0.2) is 67.7 Å². The fourth-order valence-electron chi connectivity index (χ4n) is 4.39. The quantitative estimate of drug-likeness (QED) is 0.684. The fourth-order valence-corrected chi connectivity index (χ4v) is 4.39. The molecule has 1 aliphatic carbocycles. The first-order valence-corrected chi connectivity index (χ1v) is 10.7. The molecule has 2 heterocycles. The Labute approximate surface area is 185 Å².